The van der Waals surface area contributed by atoms with Crippen LogP contribution < -0.4 is 39.0 Å². The van der Waals surface area contributed by atoms with E-state index in [0.29, 0.717) is 11.4 Å². The average molecular weight is 385 g/mol. The first-order valence-electron chi connectivity index (χ1n) is 8.58. The van der Waals surface area contributed by atoms with E-state index in [1.807, 2.05) is 43.3 Å². The first-order chi connectivity index (χ1) is 13.0. The molecular formula is C22H20NNaO4. The van der Waals surface area contributed by atoms with E-state index < -0.39 is 5.92 Å². The second-order valence-electron chi connectivity index (χ2n) is 6.24. The van der Waals surface area contributed by atoms with Gasteiger partial charge in [-0.3, -0.25) is 4.79 Å². The molecule has 6 heteroatoms. The summed E-state index contributed by atoms with van der Waals surface area (Å²) in [7, 11) is 1.63. The molecular weight excluding hydrogens is 365 g/mol. The van der Waals surface area contributed by atoms with Crippen molar-refractivity contribution in [2.24, 2.45) is 0 Å². The van der Waals surface area contributed by atoms with Crippen molar-refractivity contribution in [2.75, 3.05) is 7.11 Å². The molecule has 0 radical (unpaired) electrons. The van der Waals surface area contributed by atoms with Crippen LogP contribution in [-0.2, 0) is 9.59 Å². The predicted octanol–water partition coefficient (Wildman–Crippen LogP) is 2.11. The number of amides is 1. The molecule has 0 fully saturated rings. The van der Waals surface area contributed by atoms with Crippen molar-refractivity contribution in [1.82, 2.24) is 0 Å². The molecule has 0 unspecified atom stereocenters. The number of carbonyl (C=O) groups is 2. The van der Waals surface area contributed by atoms with Crippen molar-refractivity contribution < 1.29 is 48.6 Å². The van der Waals surface area contributed by atoms with Gasteiger partial charge in [0.25, 0.3) is 0 Å². The van der Waals surface area contributed by atoms with E-state index in [9.17, 15) is 9.59 Å². The second kappa shape index (κ2) is 9.73. The molecule has 28 heavy (non-hydrogen) atoms. The van der Waals surface area contributed by atoms with Crippen molar-refractivity contribution in [3.8, 4) is 11.5 Å². The standard InChI is InChI=1S/C22H21NO4.Na/c1-14(16-4-5-18-13-21(26-3)9-6-17(18)12-16)22(25)27-20-10-7-19(8-11-20)23-15(2)24;/h4-14H,1-3H3,(H,23,24);/q;+1/p-1/t14-;/m0./s1. The summed E-state index contributed by atoms with van der Waals surface area (Å²) >= 11 is 0. The Bertz CT molecular complexity index is 985. The molecule has 0 saturated heterocycles. The fourth-order valence-electron chi connectivity index (χ4n) is 2.75. The van der Waals surface area contributed by atoms with E-state index >= 15 is 0 Å². The van der Waals surface area contributed by atoms with E-state index in [4.69, 9.17) is 9.47 Å². The Hall–Kier alpha value is -2.34. The monoisotopic (exact) mass is 385 g/mol. The van der Waals surface area contributed by atoms with Crippen molar-refractivity contribution in [2.45, 2.75) is 19.8 Å². The van der Waals surface area contributed by atoms with Gasteiger partial charge in [0.15, 0.2) is 0 Å². The number of nitrogens with zero attached hydrogens (tertiary/aromatic N) is 1. The Kier molecular flexibility index (Phi) is 7.63. The third-order valence-electron chi connectivity index (χ3n) is 4.27. The zero-order chi connectivity index (χ0) is 19.4. The van der Waals surface area contributed by atoms with Gasteiger partial charge < -0.3 is 19.6 Å². The maximum Gasteiger partial charge on any atom is 1.00 e. The van der Waals surface area contributed by atoms with Crippen LogP contribution in [0.15, 0.2) is 60.7 Å². The molecule has 5 nitrogen and oxygen atoms in total. The minimum Gasteiger partial charge on any atom is -0.627 e. The molecule has 0 aliphatic rings. The Morgan fingerprint density at radius 1 is 0.893 bits per heavy atom. The summed E-state index contributed by atoms with van der Waals surface area (Å²) in [6, 6.07) is 18.2. The molecule has 138 valence electrons. The molecule has 3 rings (SSSR count). The Morgan fingerprint density at radius 2 is 1.50 bits per heavy atom. The van der Waals surface area contributed by atoms with Crippen molar-refractivity contribution >= 4 is 28.3 Å². The van der Waals surface area contributed by atoms with Crippen LogP contribution in [0.2, 0.25) is 0 Å². The van der Waals surface area contributed by atoms with Crippen LogP contribution in [0.3, 0.4) is 0 Å². The van der Waals surface area contributed by atoms with Crippen molar-refractivity contribution in [3.63, 3.8) is 0 Å². The number of methoxy groups -OCH3 is 1. The van der Waals surface area contributed by atoms with Crippen LogP contribution in [-0.4, -0.2) is 19.0 Å². The zero-order valence-corrected chi connectivity index (χ0v) is 18.4. The van der Waals surface area contributed by atoms with Crippen LogP contribution >= 0.6 is 0 Å². The van der Waals surface area contributed by atoms with Crippen LogP contribution in [0, 0.1) is 0 Å². The average Bonchev–Trinajstić information content (AvgIpc) is 2.67. The maximum absolute atomic E-state index is 12.5. The molecule has 0 bridgehead atoms. The number of fused-ring (bicyclic) bond motifs is 1. The minimum absolute atomic E-state index is 0. The molecule has 0 N–H and O–H groups in total. The van der Waals surface area contributed by atoms with E-state index in [1.165, 1.54) is 6.92 Å². The summed E-state index contributed by atoms with van der Waals surface area (Å²) in [5.41, 5.74) is 1.40. The molecule has 0 spiro atoms. The zero-order valence-electron chi connectivity index (χ0n) is 16.4. The smallest absolute Gasteiger partial charge is 0.627 e. The quantitative estimate of drug-likeness (QED) is 0.383. The fraction of sp³-hybridized carbons (Fsp3) is 0.182. The van der Waals surface area contributed by atoms with Gasteiger partial charge in [-0.05, 0) is 54.4 Å². The van der Waals surface area contributed by atoms with E-state index in [2.05, 4.69) is 5.32 Å². The second-order valence-corrected chi connectivity index (χ2v) is 6.24. The number of hydrogen-bond donors (Lipinski definition) is 0. The Balaban J connectivity index is 0.00000280. The normalized spacial score (nSPS) is 11.2. The molecule has 3 aromatic carbocycles. The maximum atomic E-state index is 12.5. The third kappa shape index (κ3) is 5.35. The number of hydrogen-bond acceptors (Lipinski definition) is 4. The molecule has 0 aliphatic carbocycles. The van der Waals surface area contributed by atoms with Gasteiger partial charge in [0.05, 0.1) is 18.9 Å². The fourth-order valence-corrected chi connectivity index (χ4v) is 2.75. The summed E-state index contributed by atoms with van der Waals surface area (Å²) in [6.07, 6.45) is 0. The summed E-state index contributed by atoms with van der Waals surface area (Å²) < 4.78 is 10.7. The van der Waals surface area contributed by atoms with Gasteiger partial charge in [0.2, 0.25) is 0 Å². The van der Waals surface area contributed by atoms with Crippen molar-refractivity contribution in [1.29, 1.82) is 0 Å². The van der Waals surface area contributed by atoms with Gasteiger partial charge >= 0.3 is 35.5 Å². The first-order valence-corrected chi connectivity index (χ1v) is 8.58. The van der Waals surface area contributed by atoms with Crippen LogP contribution in [0.5, 0.6) is 11.5 Å². The molecule has 0 aliphatic heterocycles. The molecule has 1 atom stereocenters. The largest absolute Gasteiger partial charge is 1.00 e. The van der Waals surface area contributed by atoms with Gasteiger partial charge in [-0.25, -0.2) is 0 Å². The molecule has 3 aromatic rings. The molecule has 1 amide bonds. The number of esters is 1. The molecule has 0 aromatic heterocycles. The number of benzene rings is 3. The SMILES string of the molecule is COc1ccc2cc([C@H](C)C(=O)Oc3ccc([N-]C(C)=O)cc3)ccc2c1.[Na+]. The number of carbonyl (C=O) groups excluding carboxylic acids is 2. The third-order valence-corrected chi connectivity index (χ3v) is 4.27. The van der Waals surface area contributed by atoms with E-state index in [1.54, 1.807) is 31.4 Å². The number of ether oxygens (including phenoxy) is 2. The van der Waals surface area contributed by atoms with Gasteiger partial charge in [0, 0.05) is 0 Å². The molecule has 0 saturated carbocycles. The van der Waals surface area contributed by atoms with Crippen LogP contribution in [0.1, 0.15) is 25.3 Å². The van der Waals surface area contributed by atoms with Gasteiger partial charge in [-0.2, -0.15) is 0 Å². The summed E-state index contributed by atoms with van der Waals surface area (Å²) in [5.74, 6) is 0.169. The minimum atomic E-state index is -0.418. The van der Waals surface area contributed by atoms with E-state index in [0.717, 1.165) is 22.1 Å². The van der Waals surface area contributed by atoms with Gasteiger partial charge in [-0.15, -0.1) is 5.69 Å². The topological polar surface area (TPSA) is 66.7 Å². The predicted molar refractivity (Wildman–Crippen MR) is 105 cm³/mol. The van der Waals surface area contributed by atoms with E-state index in [-0.39, 0.29) is 41.4 Å². The summed E-state index contributed by atoms with van der Waals surface area (Å²) in [6.45, 7) is 3.20. The van der Waals surface area contributed by atoms with Gasteiger partial charge in [-0.1, -0.05) is 36.4 Å². The number of rotatable bonds is 5. The van der Waals surface area contributed by atoms with Crippen molar-refractivity contribution in [3.05, 3.63) is 71.5 Å². The Labute approximate surface area is 186 Å². The summed E-state index contributed by atoms with van der Waals surface area (Å²) in [5, 5.41) is 5.89. The van der Waals surface area contributed by atoms with Crippen LogP contribution in [0.25, 0.3) is 16.1 Å². The molecule has 0 heterocycles. The summed E-state index contributed by atoms with van der Waals surface area (Å²) in [4.78, 5) is 23.5. The first kappa shape index (κ1) is 22.0. The van der Waals surface area contributed by atoms with Crippen LogP contribution in [0.4, 0.5) is 5.69 Å². The Morgan fingerprint density at radius 3 is 2.14 bits per heavy atom. The van der Waals surface area contributed by atoms with Gasteiger partial charge in [0.1, 0.15) is 11.5 Å².